The smallest absolute Gasteiger partial charge is 0.421 e. The Kier molecular flexibility index (Phi) is 8.84. The van der Waals surface area contributed by atoms with Crippen molar-refractivity contribution in [2.45, 2.75) is 65.2 Å². The Morgan fingerprint density at radius 1 is 1.12 bits per heavy atom. The summed E-state index contributed by atoms with van der Waals surface area (Å²) >= 11 is 0. The van der Waals surface area contributed by atoms with E-state index in [9.17, 15) is 32.7 Å². The van der Waals surface area contributed by atoms with Crippen LogP contribution in [0.3, 0.4) is 0 Å². The number of pyridine rings is 2. The Morgan fingerprint density at radius 2 is 1.83 bits per heavy atom. The molecule has 2 heterocycles. The molecule has 1 aromatic carbocycles. The molecule has 0 spiro atoms. The van der Waals surface area contributed by atoms with Gasteiger partial charge >= 0.3 is 12.1 Å². The van der Waals surface area contributed by atoms with Gasteiger partial charge in [0.25, 0.3) is 5.56 Å². The molecule has 1 saturated carbocycles. The Bertz CT molecular complexity index is 1480. The van der Waals surface area contributed by atoms with Crippen molar-refractivity contribution in [3.8, 4) is 11.6 Å². The second-order valence-corrected chi connectivity index (χ2v) is 10.7. The average Bonchev–Trinajstić information content (AvgIpc) is 2.91. The summed E-state index contributed by atoms with van der Waals surface area (Å²) in [5, 5.41) is 9.98. The molecule has 2 aromatic heterocycles. The molecule has 8 nitrogen and oxygen atoms in total. The third kappa shape index (κ3) is 6.96. The maximum atomic E-state index is 14.0. The quantitative estimate of drug-likeness (QED) is 0.337. The molecular formula is C30H32F3N3O5. The number of carboxylic acids is 1. The zero-order valence-corrected chi connectivity index (χ0v) is 23.0. The number of benzene rings is 1. The van der Waals surface area contributed by atoms with Crippen LogP contribution in [-0.2, 0) is 17.5 Å². The molecular weight excluding hydrogens is 539 g/mol. The van der Waals surface area contributed by atoms with Crippen molar-refractivity contribution in [3.63, 3.8) is 0 Å². The van der Waals surface area contributed by atoms with E-state index in [1.54, 1.807) is 19.9 Å². The highest BCUT2D eigenvalue weighted by Crippen LogP contribution is 2.39. The fourth-order valence-corrected chi connectivity index (χ4v) is 5.08. The minimum atomic E-state index is -4.84. The van der Waals surface area contributed by atoms with Gasteiger partial charge in [-0.25, -0.2) is 9.78 Å². The van der Waals surface area contributed by atoms with Gasteiger partial charge in [0, 0.05) is 30.4 Å². The number of anilines is 1. The first-order valence-corrected chi connectivity index (χ1v) is 13.4. The van der Waals surface area contributed by atoms with Crippen molar-refractivity contribution in [1.82, 2.24) is 9.55 Å². The van der Waals surface area contributed by atoms with E-state index in [1.807, 2.05) is 0 Å². The Balaban J connectivity index is 1.66. The van der Waals surface area contributed by atoms with Crippen molar-refractivity contribution in [2.75, 3.05) is 4.90 Å². The third-order valence-corrected chi connectivity index (χ3v) is 7.26. The van der Waals surface area contributed by atoms with Gasteiger partial charge in [-0.1, -0.05) is 13.0 Å². The molecule has 1 amide bonds. The summed E-state index contributed by atoms with van der Waals surface area (Å²) in [6.45, 7) is 5.57. The molecule has 4 rings (SSSR count). The summed E-state index contributed by atoms with van der Waals surface area (Å²) in [6.07, 6.45) is 1.04. The summed E-state index contributed by atoms with van der Waals surface area (Å²) in [4.78, 5) is 43.0. The number of nitrogens with zero attached hydrogens (tertiary/aromatic N) is 3. The molecule has 0 atom stereocenters. The van der Waals surface area contributed by atoms with Crippen LogP contribution in [0.2, 0.25) is 0 Å². The van der Waals surface area contributed by atoms with Gasteiger partial charge in [0.2, 0.25) is 11.8 Å². The van der Waals surface area contributed by atoms with E-state index in [0.717, 1.165) is 25.0 Å². The van der Waals surface area contributed by atoms with E-state index in [2.05, 4.69) is 11.9 Å². The number of carbonyl (C=O) groups excluding carboxylic acids is 1. The molecule has 3 aromatic rings. The SMILES string of the molecule is CC1CCC(C(=O)N(c2ccc(Oc3ncc(Cn4ccccc4=O)cc3C(F)(F)F)cc2C(=O)O)C(C)C)CC1. The molecule has 1 N–H and O–H groups in total. The van der Waals surface area contributed by atoms with Gasteiger partial charge in [-0.3, -0.25) is 9.59 Å². The maximum Gasteiger partial charge on any atom is 0.421 e. The number of hydrogen-bond donors (Lipinski definition) is 1. The van der Waals surface area contributed by atoms with Gasteiger partial charge in [-0.15, -0.1) is 0 Å². The zero-order valence-electron chi connectivity index (χ0n) is 23.0. The summed E-state index contributed by atoms with van der Waals surface area (Å²) in [5.41, 5.74) is -1.55. The molecule has 0 aliphatic heterocycles. The lowest BCUT2D eigenvalue weighted by Gasteiger charge is -2.34. The first-order valence-electron chi connectivity index (χ1n) is 13.4. The van der Waals surface area contributed by atoms with Gasteiger partial charge < -0.3 is 19.3 Å². The number of ether oxygens (including phenoxy) is 1. The first kappa shape index (κ1) is 29.8. The van der Waals surface area contributed by atoms with Crippen molar-refractivity contribution in [3.05, 3.63) is 81.9 Å². The molecule has 0 radical (unpaired) electrons. The van der Waals surface area contributed by atoms with E-state index in [1.165, 1.54) is 46.1 Å². The van der Waals surface area contributed by atoms with E-state index in [-0.39, 0.29) is 52.5 Å². The van der Waals surface area contributed by atoms with Crippen molar-refractivity contribution < 1.29 is 32.6 Å². The first-order chi connectivity index (χ1) is 19.3. The zero-order chi connectivity index (χ0) is 29.9. The summed E-state index contributed by atoms with van der Waals surface area (Å²) in [6, 6.07) is 8.71. The monoisotopic (exact) mass is 571 g/mol. The topological polar surface area (TPSA) is 102 Å². The van der Waals surface area contributed by atoms with E-state index >= 15 is 0 Å². The number of carboxylic acid groups (broad SMARTS) is 1. The highest BCUT2D eigenvalue weighted by Gasteiger charge is 2.36. The molecule has 41 heavy (non-hydrogen) atoms. The molecule has 11 heteroatoms. The van der Waals surface area contributed by atoms with Crippen LogP contribution in [-0.4, -0.2) is 32.6 Å². The second-order valence-electron chi connectivity index (χ2n) is 10.7. The number of alkyl halides is 3. The minimum Gasteiger partial charge on any atom is -0.478 e. The van der Waals surface area contributed by atoms with Crippen LogP contribution in [0, 0.1) is 11.8 Å². The lowest BCUT2D eigenvalue weighted by molar-refractivity contribution is -0.139. The third-order valence-electron chi connectivity index (χ3n) is 7.26. The molecule has 1 aliphatic carbocycles. The minimum absolute atomic E-state index is 0.128. The molecule has 0 unspecified atom stereocenters. The number of halogens is 3. The number of hydrogen-bond acceptors (Lipinski definition) is 5. The van der Waals surface area contributed by atoms with Crippen LogP contribution in [0.5, 0.6) is 11.6 Å². The number of rotatable bonds is 8. The van der Waals surface area contributed by atoms with Crippen LogP contribution < -0.4 is 15.2 Å². The predicted octanol–water partition coefficient (Wildman–Crippen LogP) is 6.37. The summed E-state index contributed by atoms with van der Waals surface area (Å²) in [5.74, 6) is -2.17. The normalized spacial score (nSPS) is 17.3. The molecule has 218 valence electrons. The van der Waals surface area contributed by atoms with E-state index < -0.39 is 23.6 Å². The van der Waals surface area contributed by atoms with Crippen molar-refractivity contribution >= 4 is 17.6 Å². The van der Waals surface area contributed by atoms with Crippen LogP contribution in [0.1, 0.15) is 67.9 Å². The fraction of sp³-hybridized carbons (Fsp3) is 0.400. The summed E-state index contributed by atoms with van der Waals surface area (Å²) in [7, 11) is 0. The number of aromatic carboxylic acids is 1. The Labute approximate surface area is 235 Å². The molecule has 1 aliphatic rings. The van der Waals surface area contributed by atoms with Crippen LogP contribution in [0.15, 0.2) is 59.7 Å². The second kappa shape index (κ2) is 12.2. The van der Waals surface area contributed by atoms with Gasteiger partial charge in [0.1, 0.15) is 11.3 Å². The van der Waals surface area contributed by atoms with Gasteiger partial charge in [-0.05, 0) is 81.3 Å². The van der Waals surface area contributed by atoms with Crippen LogP contribution >= 0.6 is 0 Å². The van der Waals surface area contributed by atoms with Crippen molar-refractivity contribution in [1.29, 1.82) is 0 Å². The van der Waals surface area contributed by atoms with Gasteiger partial charge in [0.05, 0.1) is 17.8 Å². The standard InChI is InChI=1S/C30H32F3N3O5/c1-18(2)36(28(38)21-9-7-19(3)8-10-21)25-12-11-22(15-23(25)29(39)40)41-27-24(30(31,32)33)14-20(16-34-27)17-35-13-5-4-6-26(35)37/h4-6,11-16,18-19,21H,7-10,17H2,1-3H3,(H,39,40). The molecule has 0 saturated heterocycles. The van der Waals surface area contributed by atoms with Crippen LogP contribution in [0.25, 0.3) is 0 Å². The van der Waals surface area contributed by atoms with Crippen LogP contribution in [0.4, 0.5) is 18.9 Å². The predicted molar refractivity (Wildman–Crippen MR) is 146 cm³/mol. The highest BCUT2D eigenvalue weighted by atomic mass is 19.4. The lowest BCUT2D eigenvalue weighted by atomic mass is 9.82. The van der Waals surface area contributed by atoms with Crippen molar-refractivity contribution in [2.24, 2.45) is 11.8 Å². The largest absolute Gasteiger partial charge is 0.478 e. The fourth-order valence-electron chi connectivity index (χ4n) is 5.08. The average molecular weight is 572 g/mol. The number of carbonyl (C=O) groups is 2. The lowest BCUT2D eigenvalue weighted by Crippen LogP contribution is -2.42. The van der Waals surface area contributed by atoms with Gasteiger partial charge in [-0.2, -0.15) is 13.2 Å². The maximum absolute atomic E-state index is 14.0. The van der Waals surface area contributed by atoms with Gasteiger partial charge in [0.15, 0.2) is 0 Å². The van der Waals surface area contributed by atoms with E-state index in [4.69, 9.17) is 4.74 Å². The number of aromatic nitrogens is 2. The highest BCUT2D eigenvalue weighted by molar-refractivity contribution is 6.03. The Morgan fingerprint density at radius 3 is 2.44 bits per heavy atom. The molecule has 1 fully saturated rings. The van der Waals surface area contributed by atoms with E-state index in [0.29, 0.717) is 18.8 Å². The summed E-state index contributed by atoms with van der Waals surface area (Å²) < 4.78 is 48.6. The number of amides is 1. The Hall–Kier alpha value is -4.15. The molecule has 0 bridgehead atoms.